The summed E-state index contributed by atoms with van der Waals surface area (Å²) in [5, 5.41) is 11.2. The second-order valence-corrected chi connectivity index (χ2v) is 6.98. The summed E-state index contributed by atoms with van der Waals surface area (Å²) < 4.78 is 0. The van der Waals surface area contributed by atoms with E-state index in [-0.39, 0.29) is 12.4 Å². The normalized spacial score (nSPS) is 18.7. The molecule has 2 nitrogen and oxygen atoms in total. The minimum absolute atomic E-state index is 0. The van der Waals surface area contributed by atoms with Crippen LogP contribution in [0.1, 0.15) is 57.9 Å². The van der Waals surface area contributed by atoms with Gasteiger partial charge in [0.1, 0.15) is 0 Å². The molecule has 1 aliphatic rings. The largest absolute Gasteiger partial charge is 0.385 e. The van der Waals surface area contributed by atoms with E-state index in [1.54, 1.807) is 0 Å². The van der Waals surface area contributed by atoms with Crippen molar-refractivity contribution < 1.29 is 5.11 Å². The molecule has 0 spiro atoms. The van der Waals surface area contributed by atoms with Crippen LogP contribution < -0.4 is 0 Å². The molecular formula is C19H32ClNO. The molecule has 0 saturated carbocycles. The minimum atomic E-state index is -0.664. The summed E-state index contributed by atoms with van der Waals surface area (Å²) >= 11 is 0. The Balaban J connectivity index is 0.00000242. The van der Waals surface area contributed by atoms with Gasteiger partial charge in [-0.05, 0) is 56.7 Å². The maximum Gasteiger partial charge on any atom is 0.0908 e. The summed E-state index contributed by atoms with van der Waals surface area (Å²) in [5.74, 6) is 0.634. The number of aliphatic hydroxyl groups is 1. The van der Waals surface area contributed by atoms with Gasteiger partial charge in [0.05, 0.1) is 5.60 Å². The van der Waals surface area contributed by atoms with Gasteiger partial charge in [0.2, 0.25) is 0 Å². The van der Waals surface area contributed by atoms with E-state index in [9.17, 15) is 5.11 Å². The highest BCUT2D eigenvalue weighted by atomic mass is 35.5. The number of likely N-dealkylation sites (tertiary alicyclic amines) is 1. The fourth-order valence-electron chi connectivity index (χ4n) is 3.22. The first-order valence-corrected chi connectivity index (χ1v) is 8.60. The molecule has 1 saturated heterocycles. The highest BCUT2D eigenvalue weighted by Gasteiger charge is 2.29. The van der Waals surface area contributed by atoms with E-state index >= 15 is 0 Å². The van der Waals surface area contributed by atoms with Crippen LogP contribution >= 0.6 is 12.4 Å². The van der Waals surface area contributed by atoms with Crippen molar-refractivity contribution in [1.29, 1.82) is 0 Å². The molecule has 0 radical (unpaired) electrons. The Bertz CT molecular complexity index is 403. The van der Waals surface area contributed by atoms with Crippen LogP contribution in [0.25, 0.3) is 0 Å². The molecule has 1 aliphatic heterocycles. The smallest absolute Gasteiger partial charge is 0.0908 e. The maximum absolute atomic E-state index is 11.2. The first-order valence-electron chi connectivity index (χ1n) is 8.60. The first kappa shape index (κ1) is 19.5. The highest BCUT2D eigenvalue weighted by molar-refractivity contribution is 5.85. The van der Waals surface area contributed by atoms with Gasteiger partial charge in [0.15, 0.2) is 0 Å². The molecule has 1 N–H and O–H groups in total. The molecule has 126 valence electrons. The Morgan fingerprint density at radius 2 is 1.68 bits per heavy atom. The third-order valence-corrected chi connectivity index (χ3v) is 4.74. The van der Waals surface area contributed by atoms with E-state index in [4.69, 9.17) is 0 Å². The summed E-state index contributed by atoms with van der Waals surface area (Å²) in [4.78, 5) is 2.52. The third-order valence-electron chi connectivity index (χ3n) is 4.74. The number of rotatable bonds is 7. The van der Waals surface area contributed by atoms with Crippen LogP contribution in [0.15, 0.2) is 30.3 Å². The van der Waals surface area contributed by atoms with E-state index in [1.165, 1.54) is 32.4 Å². The predicted molar refractivity (Wildman–Crippen MR) is 96.6 cm³/mol. The topological polar surface area (TPSA) is 23.5 Å². The molecule has 1 fully saturated rings. The second kappa shape index (κ2) is 9.54. The zero-order chi connectivity index (χ0) is 15.1. The van der Waals surface area contributed by atoms with Crippen molar-refractivity contribution in [1.82, 2.24) is 4.90 Å². The summed E-state index contributed by atoms with van der Waals surface area (Å²) in [6.45, 7) is 7.89. The van der Waals surface area contributed by atoms with Gasteiger partial charge in [0.25, 0.3) is 0 Å². The second-order valence-electron chi connectivity index (χ2n) is 6.98. The summed E-state index contributed by atoms with van der Waals surface area (Å²) in [5.41, 5.74) is 0.422. The molecule has 0 aliphatic carbocycles. The van der Waals surface area contributed by atoms with Crippen LogP contribution in [0, 0.1) is 5.92 Å². The molecular weight excluding hydrogens is 294 g/mol. The van der Waals surface area contributed by atoms with Gasteiger partial charge in [-0.25, -0.2) is 0 Å². The zero-order valence-corrected chi connectivity index (χ0v) is 14.9. The molecule has 22 heavy (non-hydrogen) atoms. The highest BCUT2D eigenvalue weighted by Crippen LogP contribution is 2.32. The molecule has 1 unspecified atom stereocenters. The summed E-state index contributed by atoms with van der Waals surface area (Å²) in [6.07, 6.45) is 6.79. The molecule has 0 bridgehead atoms. The van der Waals surface area contributed by atoms with Crippen molar-refractivity contribution in [2.24, 2.45) is 5.92 Å². The number of halogens is 1. The number of piperidine rings is 1. The van der Waals surface area contributed by atoms with Crippen LogP contribution in [0.4, 0.5) is 0 Å². The molecule has 3 heteroatoms. The van der Waals surface area contributed by atoms with Crippen LogP contribution in [0.2, 0.25) is 0 Å². The minimum Gasteiger partial charge on any atom is -0.385 e. The lowest BCUT2D eigenvalue weighted by molar-refractivity contribution is 0.00258. The van der Waals surface area contributed by atoms with Gasteiger partial charge in [-0.3, -0.25) is 0 Å². The van der Waals surface area contributed by atoms with Crippen molar-refractivity contribution in [2.75, 3.05) is 19.6 Å². The van der Waals surface area contributed by atoms with Gasteiger partial charge in [-0.1, -0.05) is 50.6 Å². The number of benzene rings is 1. The predicted octanol–water partition coefficient (Wildman–Crippen LogP) is 4.61. The fourth-order valence-corrected chi connectivity index (χ4v) is 3.22. The van der Waals surface area contributed by atoms with Crippen molar-refractivity contribution in [2.45, 2.75) is 58.0 Å². The molecule has 0 aromatic heterocycles. The Hall–Kier alpha value is -0.570. The maximum atomic E-state index is 11.2. The average Bonchev–Trinajstić information content (AvgIpc) is 2.53. The zero-order valence-electron chi connectivity index (χ0n) is 14.1. The lowest BCUT2D eigenvalue weighted by Crippen LogP contribution is -2.36. The van der Waals surface area contributed by atoms with Gasteiger partial charge in [-0.2, -0.15) is 0 Å². The van der Waals surface area contributed by atoms with Crippen LogP contribution in [-0.4, -0.2) is 29.6 Å². The van der Waals surface area contributed by atoms with E-state index in [0.29, 0.717) is 5.92 Å². The van der Waals surface area contributed by atoms with Crippen LogP contribution in [-0.2, 0) is 5.60 Å². The van der Waals surface area contributed by atoms with Gasteiger partial charge < -0.3 is 10.0 Å². The third kappa shape index (κ3) is 5.91. The van der Waals surface area contributed by atoms with Crippen molar-refractivity contribution in [3.8, 4) is 0 Å². The van der Waals surface area contributed by atoms with Gasteiger partial charge >= 0.3 is 0 Å². The number of hydrogen-bond acceptors (Lipinski definition) is 2. The van der Waals surface area contributed by atoms with E-state index in [0.717, 1.165) is 31.4 Å². The Kier molecular flexibility index (Phi) is 8.45. The van der Waals surface area contributed by atoms with Crippen LogP contribution in [0.3, 0.4) is 0 Å². The average molecular weight is 326 g/mol. The lowest BCUT2D eigenvalue weighted by Gasteiger charge is -2.34. The van der Waals surface area contributed by atoms with Gasteiger partial charge in [0, 0.05) is 6.54 Å². The lowest BCUT2D eigenvalue weighted by atomic mass is 9.84. The number of nitrogens with zero attached hydrogens (tertiary/aromatic N) is 1. The Morgan fingerprint density at radius 3 is 2.27 bits per heavy atom. The molecule has 1 aromatic rings. The summed E-state index contributed by atoms with van der Waals surface area (Å²) in [6, 6.07) is 10.3. The van der Waals surface area contributed by atoms with Crippen molar-refractivity contribution in [3.63, 3.8) is 0 Å². The number of hydrogen-bond donors (Lipinski definition) is 1. The molecule has 1 aromatic carbocycles. The SMILES string of the molecule is CC(C)CCC(O)(CCN1CCCCC1)c1ccccc1.Cl. The summed E-state index contributed by atoms with van der Waals surface area (Å²) in [7, 11) is 0. The van der Waals surface area contributed by atoms with E-state index < -0.39 is 5.60 Å². The Labute approximate surface area is 142 Å². The molecule has 2 rings (SSSR count). The quantitative estimate of drug-likeness (QED) is 0.791. The van der Waals surface area contributed by atoms with E-state index in [1.807, 2.05) is 18.2 Å². The molecule has 1 heterocycles. The fraction of sp³-hybridized carbons (Fsp3) is 0.684. The Morgan fingerprint density at radius 1 is 1.05 bits per heavy atom. The monoisotopic (exact) mass is 325 g/mol. The van der Waals surface area contributed by atoms with Crippen molar-refractivity contribution >= 4 is 12.4 Å². The first-order chi connectivity index (χ1) is 10.1. The van der Waals surface area contributed by atoms with Gasteiger partial charge in [-0.15, -0.1) is 12.4 Å². The standard InChI is InChI=1S/C19H31NO.ClH/c1-17(2)11-12-19(21,18-9-5-3-6-10-18)13-16-20-14-7-4-8-15-20;/h3,5-6,9-10,17,21H,4,7-8,11-16H2,1-2H3;1H. The van der Waals surface area contributed by atoms with Crippen molar-refractivity contribution in [3.05, 3.63) is 35.9 Å². The molecule has 1 atom stereocenters. The van der Waals surface area contributed by atoms with Crippen LogP contribution in [0.5, 0.6) is 0 Å². The van der Waals surface area contributed by atoms with E-state index in [2.05, 4.69) is 30.9 Å². The molecule has 0 amide bonds.